The number of rotatable bonds is 12. The van der Waals surface area contributed by atoms with E-state index in [1.807, 2.05) is 13.0 Å². The van der Waals surface area contributed by atoms with Crippen molar-refractivity contribution in [2.75, 3.05) is 39.4 Å². The van der Waals surface area contributed by atoms with Crippen LogP contribution < -0.4 is 14.2 Å². The Morgan fingerprint density at radius 3 is 2.58 bits per heavy atom. The molecule has 1 aliphatic carbocycles. The molecule has 6 rings (SSSR count). The number of piperidine rings is 1. The molecule has 0 amide bonds. The predicted molar refractivity (Wildman–Crippen MR) is 182 cm³/mol. The van der Waals surface area contributed by atoms with Crippen LogP contribution in [0.2, 0.25) is 5.02 Å². The lowest BCUT2D eigenvalue weighted by Gasteiger charge is -2.33. The number of likely N-dealkylation sites (tertiary alicyclic amines) is 2. The number of aliphatic hydroxyl groups excluding tert-OH is 1. The van der Waals surface area contributed by atoms with Gasteiger partial charge in [0.25, 0.3) is 0 Å². The second-order valence-corrected chi connectivity index (χ2v) is 13.4. The second-order valence-electron chi connectivity index (χ2n) is 13.0. The van der Waals surface area contributed by atoms with Crippen molar-refractivity contribution in [3.63, 3.8) is 0 Å². The number of aliphatic hydroxyl groups is 1. The monoisotopic (exact) mass is 632 g/mol. The SMILES string of the molecule is CCOc1cc(O[C@H]2CCc3c(-c4cccc(OCCCN5CC[C@@H](O)C5)c4C)cccc32)c(Cl)cc1CN1CCCC[C@H]1C. The van der Waals surface area contributed by atoms with Gasteiger partial charge in [-0.2, -0.15) is 0 Å². The van der Waals surface area contributed by atoms with Crippen molar-refractivity contribution in [3.05, 3.63) is 75.8 Å². The fraction of sp³-hybridized carbons (Fsp3) is 0.526. The number of ether oxygens (including phenoxy) is 3. The highest BCUT2D eigenvalue weighted by Crippen LogP contribution is 2.44. The van der Waals surface area contributed by atoms with Crippen LogP contribution >= 0.6 is 11.6 Å². The lowest BCUT2D eigenvalue weighted by molar-refractivity contribution is 0.150. The molecule has 6 nitrogen and oxygen atoms in total. The zero-order valence-electron chi connectivity index (χ0n) is 27.2. The fourth-order valence-corrected chi connectivity index (χ4v) is 7.61. The number of benzene rings is 3. The maximum absolute atomic E-state index is 9.78. The number of hydrogen-bond donors (Lipinski definition) is 1. The van der Waals surface area contributed by atoms with E-state index < -0.39 is 0 Å². The number of nitrogens with zero attached hydrogens (tertiary/aromatic N) is 2. The minimum absolute atomic E-state index is 0.0660. The Bertz CT molecular complexity index is 1460. The fourth-order valence-electron chi connectivity index (χ4n) is 7.38. The topological polar surface area (TPSA) is 54.4 Å². The van der Waals surface area contributed by atoms with Gasteiger partial charge in [-0.05, 0) is 106 Å². The molecule has 3 aromatic rings. The van der Waals surface area contributed by atoms with Gasteiger partial charge in [-0.1, -0.05) is 48.4 Å². The quantitative estimate of drug-likeness (QED) is 0.204. The second kappa shape index (κ2) is 14.8. The highest BCUT2D eigenvalue weighted by Gasteiger charge is 2.29. The van der Waals surface area contributed by atoms with Crippen molar-refractivity contribution in [1.82, 2.24) is 9.80 Å². The maximum Gasteiger partial charge on any atom is 0.142 e. The number of halogens is 1. The van der Waals surface area contributed by atoms with Crippen LogP contribution in [0, 0.1) is 6.92 Å². The Morgan fingerprint density at radius 1 is 0.933 bits per heavy atom. The van der Waals surface area contributed by atoms with Gasteiger partial charge in [0.05, 0.1) is 24.3 Å². The molecule has 2 aliphatic heterocycles. The van der Waals surface area contributed by atoms with Crippen molar-refractivity contribution in [3.8, 4) is 28.4 Å². The van der Waals surface area contributed by atoms with Gasteiger partial charge in [0.1, 0.15) is 23.4 Å². The Balaban J connectivity index is 1.16. The minimum Gasteiger partial charge on any atom is -0.493 e. The molecule has 1 N–H and O–H groups in total. The summed E-state index contributed by atoms with van der Waals surface area (Å²) in [5.41, 5.74) is 7.32. The van der Waals surface area contributed by atoms with E-state index in [1.54, 1.807) is 0 Å². The molecule has 3 aromatic carbocycles. The van der Waals surface area contributed by atoms with E-state index in [9.17, 15) is 5.11 Å². The third-order valence-corrected chi connectivity index (χ3v) is 10.2. The summed E-state index contributed by atoms with van der Waals surface area (Å²) >= 11 is 6.90. The predicted octanol–water partition coefficient (Wildman–Crippen LogP) is 7.99. The van der Waals surface area contributed by atoms with Gasteiger partial charge >= 0.3 is 0 Å². The first-order valence-corrected chi connectivity index (χ1v) is 17.4. The van der Waals surface area contributed by atoms with Gasteiger partial charge in [-0.25, -0.2) is 0 Å². The molecule has 242 valence electrons. The van der Waals surface area contributed by atoms with Gasteiger partial charge < -0.3 is 24.2 Å². The molecule has 0 aromatic heterocycles. The summed E-state index contributed by atoms with van der Waals surface area (Å²) < 4.78 is 19.1. The van der Waals surface area contributed by atoms with Gasteiger partial charge in [-0.3, -0.25) is 4.90 Å². The van der Waals surface area contributed by atoms with Crippen molar-refractivity contribution in [2.45, 2.75) is 90.5 Å². The summed E-state index contributed by atoms with van der Waals surface area (Å²) in [5, 5.41) is 10.4. The lowest BCUT2D eigenvalue weighted by Crippen LogP contribution is -2.36. The largest absolute Gasteiger partial charge is 0.493 e. The van der Waals surface area contributed by atoms with Crippen LogP contribution in [0.4, 0.5) is 0 Å². The molecule has 2 saturated heterocycles. The van der Waals surface area contributed by atoms with Crippen LogP contribution in [0.25, 0.3) is 11.1 Å². The molecule has 3 atom stereocenters. The van der Waals surface area contributed by atoms with Crippen molar-refractivity contribution < 1.29 is 19.3 Å². The summed E-state index contributed by atoms with van der Waals surface area (Å²) in [6.45, 7) is 12.4. The first-order chi connectivity index (χ1) is 21.9. The van der Waals surface area contributed by atoms with E-state index in [1.165, 1.54) is 41.5 Å². The third kappa shape index (κ3) is 7.46. The number of β-amino-alcohol motifs (C(OH)–C–C–N with tert-alkyl or cyclic N) is 1. The Morgan fingerprint density at radius 2 is 1.78 bits per heavy atom. The van der Waals surface area contributed by atoms with Gasteiger partial charge in [0.15, 0.2) is 0 Å². The smallest absolute Gasteiger partial charge is 0.142 e. The average Bonchev–Trinajstić information content (AvgIpc) is 3.65. The van der Waals surface area contributed by atoms with E-state index in [0.717, 1.165) is 81.0 Å². The van der Waals surface area contributed by atoms with Crippen LogP contribution in [0.5, 0.6) is 17.2 Å². The Kier molecular flexibility index (Phi) is 10.6. The molecule has 0 radical (unpaired) electrons. The average molecular weight is 633 g/mol. The van der Waals surface area contributed by atoms with Crippen LogP contribution in [-0.4, -0.2) is 66.4 Å². The highest BCUT2D eigenvalue weighted by molar-refractivity contribution is 6.32. The molecular formula is C38H49ClN2O4. The standard InChI is InChI=1S/C38H49ClN2O4/c1-4-43-37-23-38(34(39)22-28(37)24-41-19-6-5-10-26(41)2)45-36-16-15-32-31(12-7-13-33(32)36)30-11-8-14-35(27(30)3)44-21-9-18-40-20-17-29(42)25-40/h7-8,11-14,22-23,26,29,36,42H,4-6,9-10,15-21,24-25H2,1-3H3/t26-,29-,36+/m1/s1. The van der Waals surface area contributed by atoms with Crippen LogP contribution in [-0.2, 0) is 13.0 Å². The lowest BCUT2D eigenvalue weighted by atomic mass is 9.93. The van der Waals surface area contributed by atoms with Gasteiger partial charge in [0.2, 0.25) is 0 Å². The van der Waals surface area contributed by atoms with E-state index in [-0.39, 0.29) is 12.2 Å². The van der Waals surface area contributed by atoms with Crippen molar-refractivity contribution in [1.29, 1.82) is 0 Å². The summed E-state index contributed by atoms with van der Waals surface area (Å²) in [7, 11) is 0. The molecule has 2 fully saturated rings. The van der Waals surface area contributed by atoms with Crippen LogP contribution in [0.3, 0.4) is 0 Å². The Labute approximate surface area is 274 Å². The van der Waals surface area contributed by atoms with E-state index in [4.69, 9.17) is 25.8 Å². The molecule has 45 heavy (non-hydrogen) atoms. The summed E-state index contributed by atoms with van der Waals surface area (Å²) in [6.07, 6.45) is 7.22. The van der Waals surface area contributed by atoms with Crippen molar-refractivity contribution >= 4 is 11.6 Å². The minimum atomic E-state index is -0.175. The molecule has 7 heteroatoms. The Hall–Kier alpha value is -2.77. The molecule has 0 unspecified atom stereocenters. The normalized spacial score (nSPS) is 22.0. The van der Waals surface area contributed by atoms with E-state index in [2.05, 4.69) is 66.1 Å². The molecule has 0 saturated carbocycles. The third-order valence-electron chi connectivity index (χ3n) is 9.91. The van der Waals surface area contributed by atoms with E-state index in [0.29, 0.717) is 30.0 Å². The molecule has 2 heterocycles. The van der Waals surface area contributed by atoms with Crippen molar-refractivity contribution in [2.24, 2.45) is 0 Å². The van der Waals surface area contributed by atoms with Crippen LogP contribution in [0.1, 0.15) is 80.7 Å². The highest BCUT2D eigenvalue weighted by atomic mass is 35.5. The first-order valence-electron chi connectivity index (χ1n) is 17.0. The molecule has 3 aliphatic rings. The zero-order chi connectivity index (χ0) is 31.3. The maximum atomic E-state index is 9.78. The van der Waals surface area contributed by atoms with Gasteiger partial charge in [0, 0.05) is 43.9 Å². The summed E-state index contributed by atoms with van der Waals surface area (Å²) in [6, 6.07) is 17.6. The molecule has 0 spiro atoms. The van der Waals surface area contributed by atoms with Crippen LogP contribution in [0.15, 0.2) is 48.5 Å². The van der Waals surface area contributed by atoms with Gasteiger partial charge in [-0.15, -0.1) is 0 Å². The summed E-state index contributed by atoms with van der Waals surface area (Å²) in [4.78, 5) is 4.86. The molecular weight excluding hydrogens is 584 g/mol. The zero-order valence-corrected chi connectivity index (χ0v) is 28.0. The first kappa shape index (κ1) is 32.2. The molecule has 0 bridgehead atoms. The number of fused-ring (bicyclic) bond motifs is 1. The summed E-state index contributed by atoms with van der Waals surface area (Å²) in [5.74, 6) is 2.49. The van der Waals surface area contributed by atoms with E-state index >= 15 is 0 Å². The number of hydrogen-bond acceptors (Lipinski definition) is 6.